The molecule has 5 rings (SSSR count). The lowest BCUT2D eigenvalue weighted by molar-refractivity contribution is -0.122. The van der Waals surface area contributed by atoms with Crippen molar-refractivity contribution in [3.8, 4) is 6.07 Å². The molecule has 9 nitrogen and oxygen atoms in total. The van der Waals surface area contributed by atoms with Gasteiger partial charge in [-0.1, -0.05) is 12.1 Å². The van der Waals surface area contributed by atoms with E-state index >= 15 is 0 Å². The van der Waals surface area contributed by atoms with E-state index < -0.39 is 6.10 Å². The highest BCUT2D eigenvalue weighted by atomic mass is 32.2. The van der Waals surface area contributed by atoms with Crippen LogP contribution in [-0.2, 0) is 16.1 Å². The number of thioether (sulfide) groups is 1. The number of aliphatic hydroxyl groups excluding tert-OH is 1. The van der Waals surface area contributed by atoms with Gasteiger partial charge in [0.15, 0.2) is 0 Å². The number of anilines is 2. The van der Waals surface area contributed by atoms with E-state index in [0.29, 0.717) is 48.6 Å². The molecular weight excluding hydrogens is 464 g/mol. The first kappa shape index (κ1) is 23.2. The molecule has 3 aromatic rings. The second kappa shape index (κ2) is 10.00. The van der Waals surface area contributed by atoms with Crippen LogP contribution in [0.25, 0.3) is 10.9 Å². The Hall–Kier alpha value is -3.52. The number of para-hydroxylation sites is 1. The number of carbonyl (C=O) groups is 2. The van der Waals surface area contributed by atoms with Crippen molar-refractivity contribution in [2.75, 3.05) is 16.4 Å². The van der Waals surface area contributed by atoms with Gasteiger partial charge in [0.1, 0.15) is 17.6 Å². The number of pyridine rings is 2. The highest BCUT2D eigenvalue weighted by Gasteiger charge is 2.33. The summed E-state index contributed by atoms with van der Waals surface area (Å²) < 4.78 is 0. The van der Waals surface area contributed by atoms with Crippen LogP contribution >= 0.6 is 11.8 Å². The Labute approximate surface area is 206 Å². The molecule has 4 N–H and O–H groups in total. The fraction of sp³-hybridized carbons (Fsp3) is 0.320. The average Bonchev–Trinajstić information content (AvgIpc) is 2.87. The van der Waals surface area contributed by atoms with Crippen molar-refractivity contribution >= 4 is 46.0 Å². The van der Waals surface area contributed by atoms with Gasteiger partial charge in [0.25, 0.3) is 0 Å². The third-order valence-electron chi connectivity index (χ3n) is 6.36. The predicted octanol–water partition coefficient (Wildman–Crippen LogP) is 2.80. The van der Waals surface area contributed by atoms with Crippen molar-refractivity contribution in [2.45, 2.75) is 42.8 Å². The van der Waals surface area contributed by atoms with Gasteiger partial charge in [0.2, 0.25) is 11.8 Å². The van der Waals surface area contributed by atoms with Crippen molar-refractivity contribution < 1.29 is 14.7 Å². The molecule has 1 aromatic carbocycles. The Morgan fingerprint density at radius 3 is 2.91 bits per heavy atom. The predicted molar refractivity (Wildman–Crippen MR) is 133 cm³/mol. The number of hydrogen-bond donors (Lipinski definition) is 4. The van der Waals surface area contributed by atoms with Gasteiger partial charge in [-0.3, -0.25) is 9.59 Å². The molecule has 10 heteroatoms. The molecular formula is C25H24N6O3S. The number of nitrogens with zero attached hydrogens (tertiary/aromatic N) is 3. The molecule has 1 saturated carbocycles. The maximum Gasteiger partial charge on any atom is 0.235 e. The largest absolute Gasteiger partial charge is 0.391 e. The highest BCUT2D eigenvalue weighted by molar-refractivity contribution is 8.00. The molecule has 1 fully saturated rings. The molecule has 0 unspecified atom stereocenters. The van der Waals surface area contributed by atoms with Gasteiger partial charge in [0, 0.05) is 23.9 Å². The normalized spacial score (nSPS) is 21.6. The van der Waals surface area contributed by atoms with E-state index in [4.69, 9.17) is 5.26 Å². The zero-order valence-electron chi connectivity index (χ0n) is 18.8. The molecule has 1 aliphatic carbocycles. The quantitative estimate of drug-likeness (QED) is 0.430. The Balaban J connectivity index is 1.18. The van der Waals surface area contributed by atoms with Crippen LogP contribution in [0.1, 0.15) is 30.7 Å². The summed E-state index contributed by atoms with van der Waals surface area (Å²) in [6.45, 7) is 0.454. The summed E-state index contributed by atoms with van der Waals surface area (Å²) in [5.74, 6) is 0.427. The summed E-state index contributed by atoms with van der Waals surface area (Å²) in [5.41, 5.74) is 2.19. The minimum absolute atomic E-state index is 0.0584. The van der Waals surface area contributed by atoms with Crippen LogP contribution in [0, 0.1) is 17.2 Å². The van der Waals surface area contributed by atoms with E-state index in [0.717, 1.165) is 16.0 Å². The summed E-state index contributed by atoms with van der Waals surface area (Å²) in [7, 11) is 0. The Kier molecular flexibility index (Phi) is 6.63. The fourth-order valence-electron chi connectivity index (χ4n) is 4.51. The average molecular weight is 489 g/mol. The lowest BCUT2D eigenvalue weighted by Crippen LogP contribution is -2.46. The summed E-state index contributed by atoms with van der Waals surface area (Å²) in [5, 5.41) is 29.8. The van der Waals surface area contributed by atoms with Crippen molar-refractivity contribution in [1.29, 1.82) is 5.26 Å². The van der Waals surface area contributed by atoms with Crippen molar-refractivity contribution in [2.24, 2.45) is 5.92 Å². The van der Waals surface area contributed by atoms with Crippen molar-refractivity contribution in [3.63, 3.8) is 0 Å². The number of hydrogen-bond acceptors (Lipinski definition) is 8. The van der Waals surface area contributed by atoms with Gasteiger partial charge in [-0.2, -0.15) is 5.26 Å². The van der Waals surface area contributed by atoms with E-state index in [9.17, 15) is 14.7 Å². The SMILES string of the molecule is N#Cc1ccc2cccc(NC(=O)[C@H]3CC[C@H](NCc4ccc5c(n4)NC(=O)CS5)[C@H](O)C3)c2n1. The first-order valence-corrected chi connectivity index (χ1v) is 12.4. The van der Waals surface area contributed by atoms with Crippen LogP contribution in [0.5, 0.6) is 0 Å². The molecule has 35 heavy (non-hydrogen) atoms. The topological polar surface area (TPSA) is 140 Å². The zero-order chi connectivity index (χ0) is 24.4. The Bertz CT molecular complexity index is 1340. The summed E-state index contributed by atoms with van der Waals surface area (Å²) in [4.78, 5) is 34.4. The van der Waals surface area contributed by atoms with Crippen LogP contribution in [0.2, 0.25) is 0 Å². The van der Waals surface area contributed by atoms with Gasteiger partial charge < -0.3 is 21.1 Å². The maximum absolute atomic E-state index is 13.0. The van der Waals surface area contributed by atoms with Gasteiger partial charge in [-0.05, 0) is 49.6 Å². The second-order valence-electron chi connectivity index (χ2n) is 8.73. The summed E-state index contributed by atoms with van der Waals surface area (Å²) in [6, 6.07) is 14.7. The molecule has 2 amide bonds. The number of nitriles is 1. The number of aliphatic hydroxyl groups is 1. The molecule has 3 heterocycles. The third-order valence-corrected chi connectivity index (χ3v) is 7.40. The van der Waals surface area contributed by atoms with Gasteiger partial charge >= 0.3 is 0 Å². The van der Waals surface area contributed by atoms with E-state index in [-0.39, 0.29) is 29.5 Å². The van der Waals surface area contributed by atoms with Gasteiger partial charge in [-0.25, -0.2) is 9.97 Å². The first-order chi connectivity index (χ1) is 17.0. The molecule has 2 aliphatic rings. The molecule has 1 aliphatic heterocycles. The maximum atomic E-state index is 13.0. The number of benzene rings is 1. The van der Waals surface area contributed by atoms with Crippen LogP contribution in [0.3, 0.4) is 0 Å². The zero-order valence-corrected chi connectivity index (χ0v) is 19.6. The highest BCUT2D eigenvalue weighted by Crippen LogP contribution is 2.31. The molecule has 0 radical (unpaired) electrons. The van der Waals surface area contributed by atoms with E-state index in [1.165, 1.54) is 11.8 Å². The summed E-state index contributed by atoms with van der Waals surface area (Å²) >= 11 is 1.47. The van der Waals surface area contributed by atoms with E-state index in [2.05, 4.69) is 25.9 Å². The van der Waals surface area contributed by atoms with Gasteiger partial charge in [0.05, 0.1) is 33.7 Å². The minimum atomic E-state index is -0.678. The lowest BCUT2D eigenvalue weighted by Gasteiger charge is -2.33. The monoisotopic (exact) mass is 488 g/mol. The Morgan fingerprint density at radius 2 is 2.09 bits per heavy atom. The third kappa shape index (κ3) is 5.12. The summed E-state index contributed by atoms with van der Waals surface area (Å²) in [6.07, 6.45) is 0.939. The standard InChI is InChI=1S/C25H24N6O3S/c26-11-16-6-4-14-2-1-3-19(23(14)28-16)30-25(34)15-5-8-18(20(32)10-15)27-12-17-7-9-21-24(29-17)31-22(33)13-35-21/h1-4,6-7,9,15,18,20,27,32H,5,8,10,12-13H2,(H,30,34)(H,29,31,33)/t15-,18-,20+/m0/s1. The van der Waals surface area contributed by atoms with Crippen LogP contribution in [0.4, 0.5) is 11.5 Å². The van der Waals surface area contributed by atoms with Gasteiger partial charge in [-0.15, -0.1) is 11.8 Å². The number of fused-ring (bicyclic) bond motifs is 2. The van der Waals surface area contributed by atoms with Crippen LogP contribution in [0.15, 0.2) is 47.4 Å². The van der Waals surface area contributed by atoms with E-state index in [1.54, 1.807) is 18.2 Å². The van der Waals surface area contributed by atoms with Crippen molar-refractivity contribution in [1.82, 2.24) is 15.3 Å². The van der Waals surface area contributed by atoms with Crippen molar-refractivity contribution in [3.05, 3.63) is 53.9 Å². The molecule has 2 aromatic heterocycles. The number of aromatic nitrogens is 2. The molecule has 178 valence electrons. The molecule has 0 bridgehead atoms. The van der Waals surface area contributed by atoms with E-state index in [1.807, 2.05) is 30.3 Å². The smallest absolute Gasteiger partial charge is 0.235 e. The molecule has 0 saturated heterocycles. The molecule has 3 atom stereocenters. The number of nitrogens with one attached hydrogen (secondary N) is 3. The first-order valence-electron chi connectivity index (χ1n) is 11.4. The Morgan fingerprint density at radius 1 is 1.20 bits per heavy atom. The molecule has 0 spiro atoms. The lowest BCUT2D eigenvalue weighted by atomic mass is 9.83. The van der Waals surface area contributed by atoms with Crippen LogP contribution < -0.4 is 16.0 Å². The number of amides is 2. The minimum Gasteiger partial charge on any atom is -0.391 e. The second-order valence-corrected chi connectivity index (χ2v) is 9.74. The number of rotatable bonds is 5. The number of carbonyl (C=O) groups excluding carboxylic acids is 2. The fourth-order valence-corrected chi connectivity index (χ4v) is 5.26. The van der Waals surface area contributed by atoms with Crippen LogP contribution in [-0.4, -0.2) is 44.8 Å².